The normalized spacial score (nSPS) is 12.9. The monoisotopic (exact) mass is 284 g/mol. The van der Waals surface area contributed by atoms with Gasteiger partial charge in [0.05, 0.1) is 31.8 Å². The highest BCUT2D eigenvalue weighted by atomic mass is 16.5. The Morgan fingerprint density at radius 2 is 2.19 bits per heavy atom. The Labute approximate surface area is 122 Å². The molecule has 2 heterocycles. The first-order valence-electron chi connectivity index (χ1n) is 6.73. The Bertz CT molecular complexity index is 716. The van der Waals surface area contributed by atoms with Gasteiger partial charge in [-0.1, -0.05) is 0 Å². The molecule has 2 aromatic rings. The van der Waals surface area contributed by atoms with Crippen LogP contribution in [-0.2, 0) is 22.4 Å². The Hall–Kier alpha value is -2.56. The third-order valence-corrected chi connectivity index (χ3v) is 3.65. The number of carbonyl (C=O) groups excluding carboxylic acids is 1. The van der Waals surface area contributed by atoms with Gasteiger partial charge < -0.3 is 9.47 Å². The minimum absolute atomic E-state index is 0.365. The summed E-state index contributed by atoms with van der Waals surface area (Å²) in [6.45, 7) is 0. The smallest absolute Gasteiger partial charge is 0.330 e. The third kappa shape index (κ3) is 2.42. The van der Waals surface area contributed by atoms with E-state index in [0.29, 0.717) is 0 Å². The number of esters is 1. The topological polar surface area (TPSA) is 53.3 Å². The van der Waals surface area contributed by atoms with E-state index in [9.17, 15) is 4.79 Å². The van der Waals surface area contributed by atoms with Gasteiger partial charge in [-0.2, -0.15) is 5.10 Å². The predicted molar refractivity (Wildman–Crippen MR) is 78.6 cm³/mol. The van der Waals surface area contributed by atoms with Gasteiger partial charge in [-0.05, 0) is 42.7 Å². The van der Waals surface area contributed by atoms with Gasteiger partial charge in [0.1, 0.15) is 5.75 Å². The lowest BCUT2D eigenvalue weighted by Crippen LogP contribution is -2.13. The molecule has 1 aliphatic rings. The number of rotatable bonds is 3. The van der Waals surface area contributed by atoms with Gasteiger partial charge in [0.25, 0.3) is 0 Å². The lowest BCUT2D eigenvalue weighted by molar-refractivity contribution is -0.134. The van der Waals surface area contributed by atoms with Crippen LogP contribution in [0, 0.1) is 0 Å². The number of nitrogens with zero attached hydrogens (tertiary/aromatic N) is 2. The first-order chi connectivity index (χ1) is 10.2. The molecular weight excluding hydrogens is 268 g/mol. The van der Waals surface area contributed by atoms with Gasteiger partial charge >= 0.3 is 5.97 Å². The van der Waals surface area contributed by atoms with Gasteiger partial charge in [0.2, 0.25) is 0 Å². The van der Waals surface area contributed by atoms with Crippen LogP contribution in [0.15, 0.2) is 30.5 Å². The van der Waals surface area contributed by atoms with Gasteiger partial charge in [-0.25, -0.2) is 9.48 Å². The molecule has 0 fully saturated rings. The van der Waals surface area contributed by atoms with E-state index in [1.165, 1.54) is 18.7 Å². The van der Waals surface area contributed by atoms with Crippen molar-refractivity contribution in [2.24, 2.45) is 0 Å². The summed E-state index contributed by atoms with van der Waals surface area (Å²) in [7, 11) is 3.03. The van der Waals surface area contributed by atoms with Crippen molar-refractivity contribution < 1.29 is 14.3 Å². The zero-order valence-electron chi connectivity index (χ0n) is 12.0. The molecule has 0 amide bonds. The van der Waals surface area contributed by atoms with Gasteiger partial charge in [0.15, 0.2) is 0 Å². The van der Waals surface area contributed by atoms with E-state index in [0.717, 1.165) is 35.5 Å². The van der Waals surface area contributed by atoms with Gasteiger partial charge in [0, 0.05) is 11.6 Å². The highest BCUT2D eigenvalue weighted by Crippen LogP contribution is 2.29. The third-order valence-electron chi connectivity index (χ3n) is 3.65. The molecule has 0 bridgehead atoms. The van der Waals surface area contributed by atoms with Crippen molar-refractivity contribution in [3.8, 4) is 11.4 Å². The number of methoxy groups -OCH3 is 2. The molecule has 3 rings (SSSR count). The molecule has 5 nitrogen and oxygen atoms in total. The van der Waals surface area contributed by atoms with E-state index in [1.807, 2.05) is 22.9 Å². The number of carbonyl (C=O) groups is 1. The van der Waals surface area contributed by atoms with Crippen molar-refractivity contribution >= 4 is 12.0 Å². The highest BCUT2D eigenvalue weighted by Gasteiger charge is 2.19. The maximum Gasteiger partial charge on any atom is 0.330 e. The highest BCUT2D eigenvalue weighted by molar-refractivity contribution is 5.87. The molecule has 21 heavy (non-hydrogen) atoms. The van der Waals surface area contributed by atoms with Crippen molar-refractivity contribution in [1.29, 1.82) is 0 Å². The summed E-state index contributed by atoms with van der Waals surface area (Å²) in [5.41, 5.74) is 4.33. The second kappa shape index (κ2) is 5.44. The zero-order chi connectivity index (χ0) is 14.8. The molecule has 0 unspecified atom stereocenters. The fourth-order valence-electron chi connectivity index (χ4n) is 2.56. The van der Waals surface area contributed by atoms with Crippen LogP contribution in [0.25, 0.3) is 11.8 Å². The van der Waals surface area contributed by atoms with E-state index >= 15 is 0 Å². The summed E-state index contributed by atoms with van der Waals surface area (Å²) in [6.07, 6.45) is 6.74. The quantitative estimate of drug-likeness (QED) is 0.640. The molecule has 0 saturated heterocycles. The Morgan fingerprint density at radius 3 is 2.95 bits per heavy atom. The summed E-state index contributed by atoms with van der Waals surface area (Å²) in [5, 5.41) is 4.43. The second-order valence-corrected chi connectivity index (χ2v) is 4.81. The number of fused-ring (bicyclic) bond motifs is 3. The van der Waals surface area contributed by atoms with Gasteiger partial charge in [-0.3, -0.25) is 0 Å². The molecule has 0 saturated carbocycles. The van der Waals surface area contributed by atoms with Crippen LogP contribution in [0.3, 0.4) is 0 Å². The SMILES string of the molecule is COC(=O)/C=C/c1cnn2c1CCc1cc(OC)ccc1-2. The van der Waals surface area contributed by atoms with E-state index in [-0.39, 0.29) is 5.97 Å². The maximum atomic E-state index is 11.2. The van der Waals surface area contributed by atoms with Crippen molar-refractivity contribution in [3.05, 3.63) is 47.3 Å². The molecule has 1 aliphatic heterocycles. The molecule has 5 heteroatoms. The lowest BCUT2D eigenvalue weighted by atomic mass is 9.99. The van der Waals surface area contributed by atoms with E-state index in [4.69, 9.17) is 4.74 Å². The number of hydrogen-bond donors (Lipinski definition) is 0. The number of ether oxygens (including phenoxy) is 2. The zero-order valence-corrected chi connectivity index (χ0v) is 12.0. The molecule has 0 N–H and O–H groups in total. The largest absolute Gasteiger partial charge is 0.497 e. The van der Waals surface area contributed by atoms with Crippen LogP contribution in [0.2, 0.25) is 0 Å². The average Bonchev–Trinajstić information content (AvgIpc) is 2.95. The fraction of sp³-hybridized carbons (Fsp3) is 0.250. The number of benzene rings is 1. The lowest BCUT2D eigenvalue weighted by Gasteiger charge is -2.19. The second-order valence-electron chi connectivity index (χ2n) is 4.81. The number of aromatic nitrogens is 2. The summed E-state index contributed by atoms with van der Waals surface area (Å²) < 4.78 is 11.8. The Morgan fingerprint density at radius 1 is 1.33 bits per heavy atom. The standard InChI is InChI=1S/C16H16N2O3/c1-20-13-5-7-14-11(9-13)3-6-15-12(10-17-18(14)15)4-8-16(19)21-2/h4-5,7-10H,3,6H2,1-2H3/b8-4+. The van der Waals surface area contributed by atoms with Crippen molar-refractivity contribution in [2.45, 2.75) is 12.8 Å². The van der Waals surface area contributed by atoms with Crippen molar-refractivity contribution in [3.63, 3.8) is 0 Å². The number of aryl methyl sites for hydroxylation is 1. The van der Waals surface area contributed by atoms with E-state index in [1.54, 1.807) is 19.4 Å². The molecule has 108 valence electrons. The minimum Gasteiger partial charge on any atom is -0.497 e. The molecule has 0 spiro atoms. The molecule has 0 atom stereocenters. The van der Waals surface area contributed by atoms with Crippen molar-refractivity contribution in [1.82, 2.24) is 9.78 Å². The van der Waals surface area contributed by atoms with Crippen LogP contribution in [0.1, 0.15) is 16.8 Å². The van der Waals surface area contributed by atoms with Crippen LogP contribution < -0.4 is 4.74 Å². The van der Waals surface area contributed by atoms with Crippen molar-refractivity contribution in [2.75, 3.05) is 14.2 Å². The summed E-state index contributed by atoms with van der Waals surface area (Å²) in [4.78, 5) is 11.2. The fourth-order valence-corrected chi connectivity index (χ4v) is 2.56. The first-order valence-corrected chi connectivity index (χ1v) is 6.73. The predicted octanol–water partition coefficient (Wildman–Crippen LogP) is 2.17. The molecule has 0 radical (unpaired) electrons. The Balaban J connectivity index is 1.98. The van der Waals surface area contributed by atoms with Crippen LogP contribution >= 0.6 is 0 Å². The van der Waals surface area contributed by atoms with Crippen LogP contribution in [0.5, 0.6) is 5.75 Å². The summed E-state index contributed by atoms with van der Waals surface area (Å²) in [5.74, 6) is 0.492. The summed E-state index contributed by atoms with van der Waals surface area (Å²) >= 11 is 0. The minimum atomic E-state index is -0.365. The number of hydrogen-bond acceptors (Lipinski definition) is 4. The van der Waals surface area contributed by atoms with E-state index in [2.05, 4.69) is 9.84 Å². The Kier molecular flexibility index (Phi) is 3.48. The molecule has 1 aromatic carbocycles. The maximum absolute atomic E-state index is 11.2. The van der Waals surface area contributed by atoms with Crippen LogP contribution in [0.4, 0.5) is 0 Å². The first kappa shape index (κ1) is 13.4. The van der Waals surface area contributed by atoms with Gasteiger partial charge in [-0.15, -0.1) is 0 Å². The molecular formula is C16H16N2O3. The molecule has 0 aliphatic carbocycles. The average molecular weight is 284 g/mol. The molecule has 1 aromatic heterocycles. The van der Waals surface area contributed by atoms with E-state index < -0.39 is 0 Å². The van der Waals surface area contributed by atoms with Crippen LogP contribution in [-0.4, -0.2) is 30.0 Å². The summed E-state index contributed by atoms with van der Waals surface area (Å²) in [6, 6.07) is 5.99.